The molecule has 0 saturated heterocycles. The second-order valence-electron chi connectivity index (χ2n) is 6.27. The smallest absolute Gasteiger partial charge is 0.292 e. The Balaban J connectivity index is 1.74. The lowest BCUT2D eigenvalue weighted by atomic mass is 10.2. The number of fused-ring (bicyclic) bond motifs is 2. The third-order valence-electron chi connectivity index (χ3n) is 4.28. The van der Waals surface area contributed by atoms with E-state index in [4.69, 9.17) is 14.6 Å². The summed E-state index contributed by atoms with van der Waals surface area (Å²) in [4.78, 5) is 17.3. The summed E-state index contributed by atoms with van der Waals surface area (Å²) in [6.45, 7) is 4.18. The van der Waals surface area contributed by atoms with Gasteiger partial charge in [-0.2, -0.15) is 4.99 Å². The van der Waals surface area contributed by atoms with Crippen molar-refractivity contribution in [2.75, 3.05) is 6.61 Å². The Kier molecular flexibility index (Phi) is 4.99. The maximum absolute atomic E-state index is 12.7. The molecule has 3 aromatic rings. The van der Waals surface area contributed by atoms with Crippen molar-refractivity contribution in [3.63, 3.8) is 0 Å². The van der Waals surface area contributed by atoms with E-state index in [0.717, 1.165) is 5.52 Å². The lowest BCUT2D eigenvalue weighted by Gasteiger charge is -2.23. The number of aromatic nitrogens is 1. The molecule has 0 fully saturated rings. The summed E-state index contributed by atoms with van der Waals surface area (Å²) in [6, 6.07) is 11.6. The number of hydrogen-bond acceptors (Lipinski definition) is 6. The van der Waals surface area contributed by atoms with Crippen LogP contribution in [0.25, 0.3) is 10.2 Å². The van der Waals surface area contributed by atoms with Crippen LogP contribution in [0.1, 0.15) is 0 Å². The SMILES string of the molecule is C=CCn1c(=NC(=O)C2COc3ccccc3O2)sc2cc(S(N)(=O)=O)ccc21. The first-order valence-electron chi connectivity index (χ1n) is 8.61. The average molecular weight is 431 g/mol. The van der Waals surface area contributed by atoms with E-state index in [1.54, 1.807) is 34.9 Å². The van der Waals surface area contributed by atoms with Gasteiger partial charge in [-0.05, 0) is 30.3 Å². The van der Waals surface area contributed by atoms with Crippen molar-refractivity contribution in [3.8, 4) is 11.5 Å². The number of thiazole rings is 1. The molecule has 4 rings (SSSR count). The van der Waals surface area contributed by atoms with Gasteiger partial charge in [0, 0.05) is 6.54 Å². The Morgan fingerprint density at radius 1 is 1.31 bits per heavy atom. The van der Waals surface area contributed by atoms with Crippen molar-refractivity contribution in [2.24, 2.45) is 10.1 Å². The molecule has 2 N–H and O–H groups in total. The number of hydrogen-bond donors (Lipinski definition) is 1. The fraction of sp³-hybridized carbons (Fsp3) is 0.158. The molecule has 1 aliphatic rings. The highest BCUT2D eigenvalue weighted by molar-refractivity contribution is 7.89. The minimum Gasteiger partial charge on any atom is -0.485 e. The number of amides is 1. The van der Waals surface area contributed by atoms with E-state index >= 15 is 0 Å². The molecular weight excluding hydrogens is 414 g/mol. The molecule has 0 aliphatic carbocycles. The minimum atomic E-state index is -3.84. The van der Waals surface area contributed by atoms with E-state index in [1.165, 1.54) is 23.5 Å². The second kappa shape index (κ2) is 7.47. The first-order valence-corrected chi connectivity index (χ1v) is 11.0. The van der Waals surface area contributed by atoms with Crippen molar-refractivity contribution in [2.45, 2.75) is 17.5 Å². The summed E-state index contributed by atoms with van der Waals surface area (Å²) in [5, 5.41) is 5.21. The fourth-order valence-corrected chi connectivity index (χ4v) is 4.63. The second-order valence-corrected chi connectivity index (χ2v) is 8.84. The van der Waals surface area contributed by atoms with Crippen molar-refractivity contribution in [3.05, 3.63) is 59.9 Å². The normalized spacial score (nSPS) is 16.7. The monoisotopic (exact) mass is 431 g/mol. The Morgan fingerprint density at radius 3 is 2.79 bits per heavy atom. The number of nitrogens with zero attached hydrogens (tertiary/aromatic N) is 2. The largest absolute Gasteiger partial charge is 0.485 e. The summed E-state index contributed by atoms with van der Waals surface area (Å²) in [6.07, 6.45) is 0.798. The van der Waals surface area contributed by atoms with Gasteiger partial charge in [-0.1, -0.05) is 29.5 Å². The van der Waals surface area contributed by atoms with E-state index in [-0.39, 0.29) is 11.5 Å². The summed E-state index contributed by atoms with van der Waals surface area (Å²) in [5.41, 5.74) is 0.722. The van der Waals surface area contributed by atoms with Gasteiger partial charge in [0.25, 0.3) is 5.91 Å². The molecule has 0 saturated carbocycles. The highest BCUT2D eigenvalue weighted by atomic mass is 32.2. The molecule has 1 amide bonds. The van der Waals surface area contributed by atoms with Crippen molar-refractivity contribution >= 4 is 37.5 Å². The summed E-state index contributed by atoms with van der Waals surface area (Å²) in [5.74, 6) is 0.576. The van der Waals surface area contributed by atoms with Crippen LogP contribution in [0, 0.1) is 0 Å². The average Bonchev–Trinajstić information content (AvgIpc) is 3.03. The van der Waals surface area contributed by atoms with Gasteiger partial charge in [0.1, 0.15) is 6.61 Å². The lowest BCUT2D eigenvalue weighted by molar-refractivity contribution is -0.127. The van der Waals surface area contributed by atoms with Crippen LogP contribution in [0.15, 0.2) is 65.0 Å². The number of carbonyl (C=O) groups excluding carboxylic acids is 1. The number of carbonyl (C=O) groups is 1. The topological polar surface area (TPSA) is 113 Å². The number of primary sulfonamides is 1. The van der Waals surface area contributed by atoms with Crippen LogP contribution in [0.2, 0.25) is 0 Å². The number of sulfonamides is 1. The molecule has 1 atom stereocenters. The summed E-state index contributed by atoms with van der Waals surface area (Å²) < 4.78 is 37.0. The zero-order valence-corrected chi connectivity index (χ0v) is 16.8. The van der Waals surface area contributed by atoms with Crippen LogP contribution >= 0.6 is 11.3 Å². The third-order valence-corrected chi connectivity index (χ3v) is 6.24. The fourth-order valence-electron chi connectivity index (χ4n) is 2.93. The quantitative estimate of drug-likeness (QED) is 0.633. The van der Waals surface area contributed by atoms with Crippen LogP contribution in [0.5, 0.6) is 11.5 Å². The predicted molar refractivity (Wildman–Crippen MR) is 108 cm³/mol. The van der Waals surface area contributed by atoms with E-state index in [0.29, 0.717) is 27.5 Å². The zero-order valence-electron chi connectivity index (χ0n) is 15.1. The third kappa shape index (κ3) is 3.82. The lowest BCUT2D eigenvalue weighted by Crippen LogP contribution is -2.36. The molecular formula is C19H17N3O5S2. The number of rotatable bonds is 4. The van der Waals surface area contributed by atoms with Gasteiger partial charge in [0.2, 0.25) is 16.1 Å². The molecule has 0 radical (unpaired) electrons. The van der Waals surface area contributed by atoms with Crippen molar-refractivity contribution < 1.29 is 22.7 Å². The van der Waals surface area contributed by atoms with E-state index in [2.05, 4.69) is 11.6 Å². The van der Waals surface area contributed by atoms with Gasteiger partial charge in [0.05, 0.1) is 15.1 Å². The van der Waals surface area contributed by atoms with Gasteiger partial charge in [0.15, 0.2) is 16.3 Å². The Bertz CT molecular complexity index is 1290. The number of nitrogens with two attached hydrogens (primary N) is 1. The maximum Gasteiger partial charge on any atom is 0.292 e. The zero-order chi connectivity index (χ0) is 20.6. The molecule has 29 heavy (non-hydrogen) atoms. The number of allylic oxidation sites excluding steroid dienone is 1. The van der Waals surface area contributed by atoms with Crippen LogP contribution < -0.4 is 19.4 Å². The van der Waals surface area contributed by atoms with Crippen LogP contribution in [0.4, 0.5) is 0 Å². The Hall–Kier alpha value is -2.95. The van der Waals surface area contributed by atoms with Crippen LogP contribution in [-0.4, -0.2) is 31.6 Å². The number of benzene rings is 2. The maximum atomic E-state index is 12.7. The Morgan fingerprint density at radius 2 is 2.07 bits per heavy atom. The van der Waals surface area contributed by atoms with E-state index < -0.39 is 22.0 Å². The summed E-state index contributed by atoms with van der Waals surface area (Å²) in [7, 11) is -3.84. The van der Waals surface area contributed by atoms with Crippen molar-refractivity contribution in [1.82, 2.24) is 4.57 Å². The van der Waals surface area contributed by atoms with E-state index in [1.807, 2.05) is 6.07 Å². The first-order chi connectivity index (χ1) is 13.9. The molecule has 2 aromatic carbocycles. The molecule has 1 aromatic heterocycles. The Labute approximate surface area is 170 Å². The number of ether oxygens (including phenoxy) is 2. The molecule has 1 unspecified atom stereocenters. The first kappa shape index (κ1) is 19.4. The molecule has 2 heterocycles. The summed E-state index contributed by atoms with van der Waals surface area (Å²) >= 11 is 1.18. The molecule has 1 aliphatic heterocycles. The van der Waals surface area contributed by atoms with Crippen LogP contribution in [-0.2, 0) is 21.4 Å². The van der Waals surface area contributed by atoms with Gasteiger partial charge >= 0.3 is 0 Å². The van der Waals surface area contributed by atoms with Gasteiger partial charge in [-0.15, -0.1) is 6.58 Å². The predicted octanol–water partition coefficient (Wildman–Crippen LogP) is 1.80. The van der Waals surface area contributed by atoms with Crippen molar-refractivity contribution in [1.29, 1.82) is 0 Å². The highest BCUT2D eigenvalue weighted by Gasteiger charge is 2.27. The molecule has 8 nitrogen and oxygen atoms in total. The van der Waals surface area contributed by atoms with Gasteiger partial charge in [-0.25, -0.2) is 13.6 Å². The highest BCUT2D eigenvalue weighted by Crippen LogP contribution is 2.31. The molecule has 150 valence electrons. The van der Waals surface area contributed by atoms with Gasteiger partial charge < -0.3 is 14.0 Å². The number of para-hydroxylation sites is 2. The molecule has 0 spiro atoms. The van der Waals surface area contributed by atoms with Crippen LogP contribution in [0.3, 0.4) is 0 Å². The standard InChI is InChI=1S/C19H17N3O5S2/c1-2-9-22-13-8-7-12(29(20,24)25)10-17(13)28-19(22)21-18(23)16-11-26-14-5-3-4-6-15(14)27-16/h2-8,10,16H,1,9,11H2,(H2,20,24,25). The van der Waals surface area contributed by atoms with E-state index in [9.17, 15) is 13.2 Å². The minimum absolute atomic E-state index is 0.00417. The van der Waals surface area contributed by atoms with Gasteiger partial charge in [-0.3, -0.25) is 4.79 Å². The molecule has 0 bridgehead atoms. The molecule has 10 heteroatoms.